The minimum absolute atomic E-state index is 0.0240. The van der Waals surface area contributed by atoms with Crippen molar-refractivity contribution >= 4 is 52.7 Å². The van der Waals surface area contributed by atoms with E-state index in [9.17, 15) is 19.2 Å². The lowest BCUT2D eigenvalue weighted by Gasteiger charge is -2.39. The van der Waals surface area contributed by atoms with Gasteiger partial charge in [-0.3, -0.25) is 19.3 Å². The summed E-state index contributed by atoms with van der Waals surface area (Å²) in [5.41, 5.74) is 2.98. The molecular formula is C34H32ClFN8O5. The summed E-state index contributed by atoms with van der Waals surface area (Å²) in [5, 5.41) is 13.7. The van der Waals surface area contributed by atoms with Crippen LogP contribution in [0.3, 0.4) is 0 Å². The van der Waals surface area contributed by atoms with Crippen molar-refractivity contribution in [1.82, 2.24) is 30.0 Å². The summed E-state index contributed by atoms with van der Waals surface area (Å²) in [5.74, 6) is -2.41. The molecule has 13 nitrogen and oxygen atoms in total. The van der Waals surface area contributed by atoms with Crippen LogP contribution in [0.5, 0.6) is 0 Å². The number of rotatable bonds is 8. The topological polar surface area (TPSA) is 143 Å². The highest BCUT2D eigenvalue weighted by molar-refractivity contribution is 6.31. The molecular weight excluding hydrogens is 655 g/mol. The summed E-state index contributed by atoms with van der Waals surface area (Å²) >= 11 is 6.07. The molecule has 15 heteroatoms. The molecule has 1 saturated heterocycles. The van der Waals surface area contributed by atoms with E-state index in [1.54, 1.807) is 36.1 Å². The predicted octanol–water partition coefficient (Wildman–Crippen LogP) is 3.69. The number of fused-ring (bicyclic) bond motifs is 1. The fourth-order valence-electron chi connectivity index (χ4n) is 6.02. The third-order valence-electron chi connectivity index (χ3n) is 8.39. The van der Waals surface area contributed by atoms with Crippen LogP contribution in [0.2, 0.25) is 5.02 Å². The number of carbonyl (C=O) groups excluding carboxylic acids is 4. The molecule has 3 aromatic carbocycles. The second kappa shape index (κ2) is 14.3. The van der Waals surface area contributed by atoms with Crippen LogP contribution in [0.15, 0.2) is 67.0 Å². The van der Waals surface area contributed by atoms with E-state index in [4.69, 9.17) is 16.3 Å². The van der Waals surface area contributed by atoms with Gasteiger partial charge in [0.1, 0.15) is 12.4 Å². The van der Waals surface area contributed by atoms with Gasteiger partial charge in [-0.05, 0) is 90.5 Å². The largest absolute Gasteiger partial charge is 0.462 e. The fourth-order valence-corrected chi connectivity index (χ4v) is 6.18. The van der Waals surface area contributed by atoms with Crippen molar-refractivity contribution < 1.29 is 28.3 Å². The number of carbonyl (C=O) groups is 4. The lowest BCUT2D eigenvalue weighted by Crippen LogP contribution is -2.50. The number of esters is 1. The van der Waals surface area contributed by atoms with Gasteiger partial charge >= 0.3 is 5.97 Å². The van der Waals surface area contributed by atoms with Crippen molar-refractivity contribution in [3.8, 4) is 5.69 Å². The molecule has 0 spiro atoms. The minimum atomic E-state index is -1.11. The molecule has 1 atom stereocenters. The van der Waals surface area contributed by atoms with Crippen LogP contribution in [0, 0.1) is 5.82 Å². The second-order valence-corrected chi connectivity index (χ2v) is 11.9. The molecule has 3 heterocycles. The summed E-state index contributed by atoms with van der Waals surface area (Å²) in [6.45, 7) is 3.49. The molecule has 252 valence electrons. The molecule has 2 aliphatic rings. The number of piperazine rings is 1. The van der Waals surface area contributed by atoms with Crippen molar-refractivity contribution in [2.24, 2.45) is 0 Å². The Morgan fingerprint density at radius 2 is 1.86 bits per heavy atom. The van der Waals surface area contributed by atoms with Crippen LogP contribution in [-0.4, -0.2) is 93.5 Å². The number of likely N-dealkylation sites (N-methyl/N-ethyl adjacent to an activating group) is 1. The Labute approximate surface area is 285 Å². The summed E-state index contributed by atoms with van der Waals surface area (Å²) in [6.07, 6.45) is 4.10. The van der Waals surface area contributed by atoms with Crippen molar-refractivity contribution in [3.05, 3.63) is 100 Å². The number of hydrogen-bond donors (Lipinski definition) is 1. The Morgan fingerprint density at radius 1 is 1.06 bits per heavy atom. The summed E-state index contributed by atoms with van der Waals surface area (Å²) in [4.78, 5) is 58.3. The highest BCUT2D eigenvalue weighted by Crippen LogP contribution is 2.37. The monoisotopic (exact) mass is 686 g/mol. The standard InChI is InChI=1S/C34H32ClFN8O5/c1-3-49-34(48)21-7-9-22(10-8-21)38-33(47)32-24-5-4-6-27(42-18-17-41(2)19-30(42)46)23(24)15-16-43(32)29(45)14-11-25-28(44-20-37-39-40-44)13-12-26(35)31(25)36/h4-14,20,32H,3,15-19H2,1-2H3,(H,38,47)/b14-11+/t32-/m0/s1. The molecule has 3 amide bonds. The number of nitrogens with one attached hydrogen (secondary N) is 1. The van der Waals surface area contributed by atoms with E-state index in [0.29, 0.717) is 42.0 Å². The molecule has 0 bridgehead atoms. The van der Waals surface area contributed by atoms with Crippen molar-refractivity contribution in [2.45, 2.75) is 19.4 Å². The Bertz CT molecular complexity index is 1940. The van der Waals surface area contributed by atoms with Gasteiger partial charge < -0.3 is 19.9 Å². The Morgan fingerprint density at radius 3 is 2.57 bits per heavy atom. The first kappa shape index (κ1) is 33.4. The molecule has 49 heavy (non-hydrogen) atoms. The first-order chi connectivity index (χ1) is 23.7. The molecule has 6 rings (SSSR count). The van der Waals surface area contributed by atoms with Gasteiger partial charge in [-0.2, -0.15) is 4.68 Å². The lowest BCUT2D eigenvalue weighted by molar-refractivity contribution is -0.135. The minimum Gasteiger partial charge on any atom is -0.462 e. The van der Waals surface area contributed by atoms with E-state index in [1.807, 2.05) is 18.0 Å². The van der Waals surface area contributed by atoms with Gasteiger partial charge in [-0.15, -0.1) is 5.10 Å². The van der Waals surface area contributed by atoms with E-state index < -0.39 is 29.6 Å². The Balaban J connectivity index is 1.35. The van der Waals surface area contributed by atoms with Crippen LogP contribution >= 0.6 is 11.6 Å². The maximum Gasteiger partial charge on any atom is 0.338 e. The number of benzene rings is 3. The summed E-state index contributed by atoms with van der Waals surface area (Å²) < 4.78 is 21.6. The van der Waals surface area contributed by atoms with Crippen molar-refractivity contribution in [3.63, 3.8) is 0 Å². The van der Waals surface area contributed by atoms with E-state index in [0.717, 1.165) is 5.56 Å². The number of tetrazole rings is 1. The average Bonchev–Trinajstić information content (AvgIpc) is 3.63. The number of halogens is 2. The number of ether oxygens (including phenoxy) is 1. The predicted molar refractivity (Wildman–Crippen MR) is 179 cm³/mol. The first-order valence-corrected chi connectivity index (χ1v) is 15.9. The smallest absolute Gasteiger partial charge is 0.338 e. The molecule has 2 aliphatic heterocycles. The van der Waals surface area contributed by atoms with Gasteiger partial charge in [0.15, 0.2) is 5.82 Å². The maximum atomic E-state index is 15.3. The third-order valence-corrected chi connectivity index (χ3v) is 8.68. The van der Waals surface area contributed by atoms with Gasteiger partial charge in [0.05, 0.1) is 29.4 Å². The number of aromatic nitrogens is 4. The number of amides is 3. The van der Waals surface area contributed by atoms with Crippen LogP contribution in [0.4, 0.5) is 15.8 Å². The van der Waals surface area contributed by atoms with E-state index >= 15 is 4.39 Å². The highest BCUT2D eigenvalue weighted by atomic mass is 35.5. The fraction of sp³-hybridized carbons (Fsp3) is 0.265. The molecule has 0 radical (unpaired) electrons. The van der Waals surface area contributed by atoms with E-state index in [2.05, 4.69) is 20.8 Å². The summed E-state index contributed by atoms with van der Waals surface area (Å²) in [6, 6.07) is 13.4. The molecule has 0 unspecified atom stereocenters. The quantitative estimate of drug-likeness (QED) is 0.217. The van der Waals surface area contributed by atoms with Gasteiger partial charge in [-0.25, -0.2) is 9.18 Å². The van der Waals surface area contributed by atoms with Crippen LogP contribution in [0.25, 0.3) is 11.8 Å². The zero-order chi connectivity index (χ0) is 34.7. The highest BCUT2D eigenvalue weighted by Gasteiger charge is 2.38. The average molecular weight is 687 g/mol. The van der Waals surface area contributed by atoms with Crippen molar-refractivity contribution in [2.75, 3.05) is 50.1 Å². The molecule has 1 N–H and O–H groups in total. The SMILES string of the molecule is CCOC(=O)c1ccc(NC(=O)[C@@H]2c3cccc(N4CCN(C)CC4=O)c3CCN2C(=O)/C=C/c2c(-n3cnnn3)ccc(Cl)c2F)cc1. The van der Waals surface area contributed by atoms with Gasteiger partial charge in [-0.1, -0.05) is 23.7 Å². The zero-order valence-electron chi connectivity index (χ0n) is 26.7. The maximum absolute atomic E-state index is 15.3. The number of nitrogens with zero attached hydrogens (tertiary/aromatic N) is 7. The van der Waals surface area contributed by atoms with Crippen LogP contribution in [0.1, 0.15) is 40.0 Å². The number of hydrogen-bond acceptors (Lipinski definition) is 9. The molecule has 4 aromatic rings. The second-order valence-electron chi connectivity index (χ2n) is 11.5. The normalized spacial score (nSPS) is 16.5. The number of anilines is 2. The first-order valence-electron chi connectivity index (χ1n) is 15.5. The molecule has 1 fully saturated rings. The van der Waals surface area contributed by atoms with Crippen molar-refractivity contribution in [1.29, 1.82) is 0 Å². The van der Waals surface area contributed by atoms with Crippen LogP contribution < -0.4 is 10.2 Å². The third kappa shape index (κ3) is 6.91. The summed E-state index contributed by atoms with van der Waals surface area (Å²) in [7, 11) is 1.88. The zero-order valence-corrected chi connectivity index (χ0v) is 27.4. The van der Waals surface area contributed by atoms with E-state index in [-0.39, 0.29) is 41.9 Å². The Hall–Kier alpha value is -5.47. The molecule has 0 saturated carbocycles. The Kier molecular flexibility index (Phi) is 9.78. The van der Waals surface area contributed by atoms with E-state index in [1.165, 1.54) is 52.3 Å². The lowest BCUT2D eigenvalue weighted by atomic mass is 9.89. The molecule has 0 aliphatic carbocycles. The van der Waals surface area contributed by atoms with Gasteiger partial charge in [0, 0.05) is 42.6 Å². The van der Waals surface area contributed by atoms with Gasteiger partial charge in [0.25, 0.3) is 5.91 Å². The van der Waals surface area contributed by atoms with Crippen LogP contribution in [-0.2, 0) is 25.5 Å². The van der Waals surface area contributed by atoms with Gasteiger partial charge in [0.2, 0.25) is 11.8 Å². The molecule has 1 aromatic heterocycles.